The first kappa shape index (κ1) is 20.8. The summed E-state index contributed by atoms with van der Waals surface area (Å²) in [6.45, 7) is 9.50. The van der Waals surface area contributed by atoms with Gasteiger partial charge in [0.1, 0.15) is 5.75 Å². The minimum absolute atomic E-state index is 0.264. The Morgan fingerprint density at radius 1 is 1.22 bits per heavy atom. The SMILES string of the molecule is CCOC(=O)C1=C(CN(CC)C(C)C)NC(=O)N[C@@H]1c1ccc(OC)cc1. The third kappa shape index (κ3) is 5.01. The van der Waals surface area contributed by atoms with Crippen LogP contribution in [0.25, 0.3) is 0 Å². The average Bonchev–Trinajstić information content (AvgIpc) is 2.65. The summed E-state index contributed by atoms with van der Waals surface area (Å²) in [4.78, 5) is 27.2. The number of carbonyl (C=O) groups is 2. The summed E-state index contributed by atoms with van der Waals surface area (Å²) in [6, 6.07) is 6.65. The predicted octanol–water partition coefficient (Wildman–Crippen LogP) is 2.60. The van der Waals surface area contributed by atoms with Gasteiger partial charge in [-0.15, -0.1) is 0 Å². The molecule has 2 N–H and O–H groups in total. The maximum absolute atomic E-state index is 12.7. The van der Waals surface area contributed by atoms with Gasteiger partial charge in [0.25, 0.3) is 0 Å². The molecule has 0 unspecified atom stereocenters. The summed E-state index contributed by atoms with van der Waals surface area (Å²) in [5.41, 5.74) is 1.80. The first-order valence-electron chi connectivity index (χ1n) is 9.26. The number of nitrogens with one attached hydrogen (secondary N) is 2. The maximum Gasteiger partial charge on any atom is 0.338 e. The van der Waals surface area contributed by atoms with Gasteiger partial charge < -0.3 is 20.1 Å². The zero-order valence-corrected chi connectivity index (χ0v) is 16.7. The molecule has 0 saturated heterocycles. The maximum atomic E-state index is 12.7. The highest BCUT2D eigenvalue weighted by Gasteiger charge is 2.34. The van der Waals surface area contributed by atoms with Crippen molar-refractivity contribution in [2.75, 3.05) is 26.8 Å². The molecule has 0 aliphatic carbocycles. The van der Waals surface area contributed by atoms with Crippen molar-refractivity contribution in [3.63, 3.8) is 0 Å². The molecule has 0 radical (unpaired) electrons. The number of urea groups is 1. The number of methoxy groups -OCH3 is 1. The molecule has 0 spiro atoms. The number of likely N-dealkylation sites (N-methyl/N-ethyl adjacent to an activating group) is 1. The first-order chi connectivity index (χ1) is 12.9. The zero-order valence-electron chi connectivity index (χ0n) is 16.7. The normalized spacial score (nSPS) is 17.0. The third-order valence-electron chi connectivity index (χ3n) is 4.60. The van der Waals surface area contributed by atoms with Crippen molar-refractivity contribution in [2.24, 2.45) is 0 Å². The van der Waals surface area contributed by atoms with Gasteiger partial charge >= 0.3 is 12.0 Å². The molecular weight excluding hydrogens is 346 g/mol. The minimum atomic E-state index is -0.579. The van der Waals surface area contributed by atoms with E-state index in [1.54, 1.807) is 26.2 Å². The summed E-state index contributed by atoms with van der Waals surface area (Å²) in [5.74, 6) is 0.276. The van der Waals surface area contributed by atoms with E-state index in [2.05, 4.69) is 36.3 Å². The number of benzene rings is 1. The van der Waals surface area contributed by atoms with Crippen molar-refractivity contribution in [3.8, 4) is 5.75 Å². The third-order valence-corrected chi connectivity index (χ3v) is 4.60. The second kappa shape index (κ2) is 9.41. The van der Waals surface area contributed by atoms with Crippen LogP contribution >= 0.6 is 0 Å². The number of hydrogen-bond acceptors (Lipinski definition) is 5. The van der Waals surface area contributed by atoms with Gasteiger partial charge in [-0.2, -0.15) is 0 Å². The molecule has 1 aromatic rings. The molecule has 148 valence electrons. The van der Waals surface area contributed by atoms with Crippen LogP contribution in [0, 0.1) is 0 Å². The second-order valence-electron chi connectivity index (χ2n) is 6.57. The lowest BCUT2D eigenvalue weighted by Gasteiger charge is -2.33. The number of esters is 1. The van der Waals surface area contributed by atoms with Gasteiger partial charge in [-0.1, -0.05) is 19.1 Å². The fourth-order valence-electron chi connectivity index (χ4n) is 3.10. The molecule has 0 saturated carbocycles. The van der Waals surface area contributed by atoms with Crippen LogP contribution in [0.5, 0.6) is 5.75 Å². The molecule has 1 aliphatic rings. The Balaban J connectivity index is 2.49. The van der Waals surface area contributed by atoms with Crippen LogP contribution in [0.2, 0.25) is 0 Å². The van der Waals surface area contributed by atoms with E-state index in [9.17, 15) is 9.59 Å². The second-order valence-corrected chi connectivity index (χ2v) is 6.57. The highest BCUT2D eigenvalue weighted by atomic mass is 16.5. The van der Waals surface area contributed by atoms with Crippen LogP contribution in [-0.2, 0) is 9.53 Å². The van der Waals surface area contributed by atoms with Crippen molar-refractivity contribution in [3.05, 3.63) is 41.1 Å². The Kier molecular flexibility index (Phi) is 7.24. The molecule has 2 rings (SSSR count). The summed E-state index contributed by atoms with van der Waals surface area (Å²) < 4.78 is 10.5. The lowest BCUT2D eigenvalue weighted by atomic mass is 9.94. The molecule has 1 aromatic carbocycles. The average molecular weight is 375 g/mol. The van der Waals surface area contributed by atoms with Crippen molar-refractivity contribution in [1.29, 1.82) is 0 Å². The van der Waals surface area contributed by atoms with Crippen LogP contribution in [-0.4, -0.2) is 49.7 Å². The van der Waals surface area contributed by atoms with Crippen LogP contribution < -0.4 is 15.4 Å². The molecule has 1 aliphatic heterocycles. The van der Waals surface area contributed by atoms with E-state index in [1.165, 1.54) is 0 Å². The smallest absolute Gasteiger partial charge is 0.338 e. The van der Waals surface area contributed by atoms with Gasteiger partial charge in [0, 0.05) is 18.3 Å². The van der Waals surface area contributed by atoms with Crippen LogP contribution in [0.3, 0.4) is 0 Å². The molecule has 1 heterocycles. The highest BCUT2D eigenvalue weighted by Crippen LogP contribution is 2.29. The zero-order chi connectivity index (χ0) is 20.0. The van der Waals surface area contributed by atoms with Crippen LogP contribution in [0.15, 0.2) is 35.5 Å². The topological polar surface area (TPSA) is 79.9 Å². The van der Waals surface area contributed by atoms with E-state index in [0.29, 0.717) is 23.6 Å². The molecule has 7 nitrogen and oxygen atoms in total. The lowest BCUT2D eigenvalue weighted by Crippen LogP contribution is -2.49. The summed E-state index contributed by atoms with van der Waals surface area (Å²) in [5, 5.41) is 5.65. The van der Waals surface area contributed by atoms with E-state index < -0.39 is 12.0 Å². The first-order valence-corrected chi connectivity index (χ1v) is 9.26. The van der Waals surface area contributed by atoms with Crippen molar-refractivity contribution >= 4 is 12.0 Å². The van der Waals surface area contributed by atoms with E-state index in [1.807, 2.05) is 12.1 Å². The van der Waals surface area contributed by atoms with Gasteiger partial charge in [-0.05, 0) is 45.0 Å². The largest absolute Gasteiger partial charge is 0.497 e. The Morgan fingerprint density at radius 3 is 2.41 bits per heavy atom. The van der Waals surface area contributed by atoms with E-state index in [-0.39, 0.29) is 18.7 Å². The summed E-state index contributed by atoms with van der Waals surface area (Å²) in [7, 11) is 1.59. The highest BCUT2D eigenvalue weighted by molar-refractivity contribution is 5.95. The molecule has 0 aromatic heterocycles. The van der Waals surface area contributed by atoms with Gasteiger partial charge in [0.15, 0.2) is 0 Å². The molecule has 0 bridgehead atoms. The Labute approximate surface area is 160 Å². The van der Waals surface area contributed by atoms with E-state index in [4.69, 9.17) is 9.47 Å². The molecule has 1 atom stereocenters. The molecule has 0 fully saturated rings. The Hall–Kier alpha value is -2.54. The quantitative estimate of drug-likeness (QED) is 0.683. The minimum Gasteiger partial charge on any atom is -0.497 e. The van der Waals surface area contributed by atoms with Crippen molar-refractivity contribution in [2.45, 2.75) is 39.8 Å². The van der Waals surface area contributed by atoms with Crippen molar-refractivity contribution in [1.82, 2.24) is 15.5 Å². The Bertz CT molecular complexity index is 698. The van der Waals surface area contributed by atoms with E-state index in [0.717, 1.165) is 12.1 Å². The number of ether oxygens (including phenoxy) is 2. The fraction of sp³-hybridized carbons (Fsp3) is 0.500. The Morgan fingerprint density at radius 2 is 1.89 bits per heavy atom. The predicted molar refractivity (Wildman–Crippen MR) is 103 cm³/mol. The number of rotatable bonds is 8. The lowest BCUT2D eigenvalue weighted by molar-refractivity contribution is -0.139. The number of amides is 2. The number of hydrogen-bond donors (Lipinski definition) is 2. The van der Waals surface area contributed by atoms with Gasteiger partial charge in [-0.25, -0.2) is 9.59 Å². The van der Waals surface area contributed by atoms with Gasteiger partial charge in [-0.3, -0.25) is 4.90 Å². The molecular formula is C20H29N3O4. The monoisotopic (exact) mass is 375 g/mol. The standard InChI is InChI=1S/C20H29N3O4/c1-6-23(13(3)4)12-16-17(19(24)27-7-2)18(22-20(25)21-16)14-8-10-15(26-5)11-9-14/h8-11,13,18H,6-7,12H2,1-5H3,(H2,21,22,25)/t18-/m1/s1. The van der Waals surface area contributed by atoms with E-state index >= 15 is 0 Å². The van der Waals surface area contributed by atoms with Gasteiger partial charge in [0.2, 0.25) is 0 Å². The van der Waals surface area contributed by atoms with Crippen molar-refractivity contribution < 1.29 is 19.1 Å². The molecule has 2 amide bonds. The molecule has 27 heavy (non-hydrogen) atoms. The summed E-state index contributed by atoms with van der Waals surface area (Å²) in [6.07, 6.45) is 0. The van der Waals surface area contributed by atoms with Gasteiger partial charge in [0.05, 0.1) is 25.3 Å². The van der Waals surface area contributed by atoms with Crippen LogP contribution in [0.4, 0.5) is 4.79 Å². The number of carbonyl (C=O) groups excluding carboxylic acids is 2. The fourth-order valence-corrected chi connectivity index (χ4v) is 3.10. The molecule has 7 heteroatoms. The van der Waals surface area contributed by atoms with Crippen LogP contribution in [0.1, 0.15) is 39.3 Å². The summed E-state index contributed by atoms with van der Waals surface area (Å²) >= 11 is 0. The number of nitrogens with zero attached hydrogens (tertiary/aromatic N) is 1.